The second-order valence-electron chi connectivity index (χ2n) is 7.40. The summed E-state index contributed by atoms with van der Waals surface area (Å²) in [5.74, 6) is -0.256. The van der Waals surface area contributed by atoms with E-state index in [4.69, 9.17) is 0 Å². The highest BCUT2D eigenvalue weighted by atomic mass is 32.2. The standard InChI is InChI=1S/C21H27N3O4S/c1-5-18-19(16(4)25)15(3)22-20(18)21(26)23-10-12-24(13-11-23)29(27,28)17-8-6-14(2)7-9-17/h6-9,22H,5,10-13H2,1-4H3. The molecule has 0 unspecified atom stereocenters. The van der Waals surface area contributed by atoms with Crippen LogP contribution in [0.4, 0.5) is 0 Å². The number of nitrogens with one attached hydrogen (secondary N) is 1. The van der Waals surface area contributed by atoms with E-state index in [1.165, 1.54) is 11.2 Å². The minimum atomic E-state index is -3.58. The Labute approximate surface area is 171 Å². The lowest BCUT2D eigenvalue weighted by molar-refractivity contribution is 0.0691. The van der Waals surface area contributed by atoms with Gasteiger partial charge in [0.15, 0.2) is 5.78 Å². The van der Waals surface area contributed by atoms with E-state index >= 15 is 0 Å². The zero-order valence-electron chi connectivity index (χ0n) is 17.3. The highest BCUT2D eigenvalue weighted by molar-refractivity contribution is 7.89. The van der Waals surface area contributed by atoms with Crippen molar-refractivity contribution in [1.82, 2.24) is 14.2 Å². The summed E-state index contributed by atoms with van der Waals surface area (Å²) in [4.78, 5) is 30.0. The third kappa shape index (κ3) is 4.00. The number of hydrogen-bond donors (Lipinski definition) is 1. The van der Waals surface area contributed by atoms with Crippen molar-refractivity contribution in [3.63, 3.8) is 0 Å². The quantitative estimate of drug-likeness (QED) is 0.757. The van der Waals surface area contributed by atoms with E-state index in [0.29, 0.717) is 36.5 Å². The highest BCUT2D eigenvalue weighted by Crippen LogP contribution is 2.23. The molecule has 1 aliphatic rings. The number of aryl methyl sites for hydroxylation is 2. The van der Waals surface area contributed by atoms with Gasteiger partial charge in [-0.05, 0) is 44.9 Å². The Morgan fingerprint density at radius 3 is 2.14 bits per heavy atom. The van der Waals surface area contributed by atoms with Gasteiger partial charge in [-0.1, -0.05) is 24.6 Å². The van der Waals surface area contributed by atoms with Gasteiger partial charge in [0.2, 0.25) is 10.0 Å². The molecule has 3 rings (SSSR count). The topological polar surface area (TPSA) is 90.6 Å². The number of rotatable bonds is 5. The van der Waals surface area contributed by atoms with Crippen LogP contribution in [0.5, 0.6) is 0 Å². The Balaban J connectivity index is 1.76. The van der Waals surface area contributed by atoms with Crippen molar-refractivity contribution in [2.45, 2.75) is 39.0 Å². The minimum Gasteiger partial charge on any atom is -0.354 e. The largest absolute Gasteiger partial charge is 0.354 e. The summed E-state index contributed by atoms with van der Waals surface area (Å²) in [6.07, 6.45) is 0.572. The molecule has 1 N–H and O–H groups in total. The van der Waals surface area contributed by atoms with Crippen molar-refractivity contribution < 1.29 is 18.0 Å². The Kier molecular flexibility index (Phi) is 5.95. The number of sulfonamides is 1. The summed E-state index contributed by atoms with van der Waals surface area (Å²) >= 11 is 0. The number of Topliss-reactive ketones (excluding diaryl/α,β-unsaturated/α-hetero) is 1. The van der Waals surface area contributed by atoms with E-state index in [1.807, 2.05) is 13.8 Å². The predicted octanol–water partition coefficient (Wildman–Crippen LogP) is 2.54. The lowest BCUT2D eigenvalue weighted by atomic mass is 10.0. The molecule has 0 radical (unpaired) electrons. The Morgan fingerprint density at radius 1 is 1.03 bits per heavy atom. The molecule has 2 heterocycles. The molecule has 0 spiro atoms. The van der Waals surface area contributed by atoms with Crippen LogP contribution in [0.3, 0.4) is 0 Å². The summed E-state index contributed by atoms with van der Waals surface area (Å²) in [5, 5.41) is 0. The van der Waals surface area contributed by atoms with Gasteiger partial charge >= 0.3 is 0 Å². The van der Waals surface area contributed by atoms with Gasteiger partial charge in [-0.15, -0.1) is 0 Å². The van der Waals surface area contributed by atoms with Gasteiger partial charge in [-0.25, -0.2) is 8.42 Å². The average Bonchev–Trinajstić information content (AvgIpc) is 3.04. The molecule has 29 heavy (non-hydrogen) atoms. The molecule has 7 nitrogen and oxygen atoms in total. The molecule has 0 saturated carbocycles. The fraction of sp³-hybridized carbons (Fsp3) is 0.429. The van der Waals surface area contributed by atoms with Crippen LogP contribution in [0.1, 0.15) is 51.5 Å². The zero-order valence-corrected chi connectivity index (χ0v) is 18.1. The maximum absolute atomic E-state index is 13.0. The minimum absolute atomic E-state index is 0.0661. The van der Waals surface area contributed by atoms with E-state index in [1.54, 1.807) is 36.1 Å². The summed E-state index contributed by atoms with van der Waals surface area (Å²) in [6, 6.07) is 6.78. The van der Waals surface area contributed by atoms with E-state index < -0.39 is 10.0 Å². The number of carbonyl (C=O) groups is 2. The van der Waals surface area contributed by atoms with Crippen LogP contribution >= 0.6 is 0 Å². The molecule has 1 amide bonds. The summed E-state index contributed by atoms with van der Waals surface area (Å²) in [7, 11) is -3.58. The smallest absolute Gasteiger partial charge is 0.270 e. The first kappa shape index (κ1) is 21.3. The number of benzene rings is 1. The van der Waals surface area contributed by atoms with Gasteiger partial charge in [0, 0.05) is 37.4 Å². The Hall–Kier alpha value is -2.45. The van der Waals surface area contributed by atoms with Crippen LogP contribution in [-0.4, -0.2) is 60.5 Å². The van der Waals surface area contributed by atoms with Crippen LogP contribution in [0.25, 0.3) is 0 Å². The van der Waals surface area contributed by atoms with Crippen molar-refractivity contribution >= 4 is 21.7 Å². The van der Waals surface area contributed by atoms with Crippen molar-refractivity contribution in [2.24, 2.45) is 0 Å². The molecule has 2 aromatic rings. The molecular formula is C21H27N3O4S. The molecule has 8 heteroatoms. The first-order valence-corrected chi connectivity index (χ1v) is 11.2. The van der Waals surface area contributed by atoms with E-state index in [9.17, 15) is 18.0 Å². The summed E-state index contributed by atoms with van der Waals surface area (Å²) in [5.41, 5.74) is 3.44. The number of ketones is 1. The molecule has 0 aliphatic carbocycles. The number of aromatic amines is 1. The van der Waals surface area contributed by atoms with E-state index in [2.05, 4.69) is 4.98 Å². The van der Waals surface area contributed by atoms with Crippen molar-refractivity contribution in [2.75, 3.05) is 26.2 Å². The summed E-state index contributed by atoms with van der Waals surface area (Å²) in [6.45, 7) is 8.20. The molecule has 156 valence electrons. The van der Waals surface area contributed by atoms with Crippen molar-refractivity contribution in [1.29, 1.82) is 0 Å². The van der Waals surface area contributed by atoms with Crippen LogP contribution in [-0.2, 0) is 16.4 Å². The van der Waals surface area contributed by atoms with Crippen molar-refractivity contribution in [3.8, 4) is 0 Å². The number of amides is 1. The average molecular weight is 418 g/mol. The molecule has 0 atom stereocenters. The Morgan fingerprint density at radius 2 is 1.62 bits per heavy atom. The van der Waals surface area contributed by atoms with Crippen LogP contribution in [0.2, 0.25) is 0 Å². The maximum atomic E-state index is 13.0. The first-order valence-electron chi connectivity index (χ1n) is 9.75. The number of carbonyl (C=O) groups excluding carboxylic acids is 2. The molecule has 1 fully saturated rings. The Bertz CT molecular complexity index is 1030. The maximum Gasteiger partial charge on any atom is 0.270 e. The van der Waals surface area contributed by atoms with Gasteiger partial charge in [0.1, 0.15) is 5.69 Å². The number of hydrogen-bond acceptors (Lipinski definition) is 4. The van der Waals surface area contributed by atoms with Gasteiger partial charge < -0.3 is 9.88 Å². The fourth-order valence-corrected chi connectivity index (χ4v) is 5.26. The van der Waals surface area contributed by atoms with Gasteiger partial charge in [0.05, 0.1) is 4.90 Å². The number of nitrogens with zero attached hydrogens (tertiary/aromatic N) is 2. The monoisotopic (exact) mass is 417 g/mol. The highest BCUT2D eigenvalue weighted by Gasteiger charge is 2.32. The van der Waals surface area contributed by atoms with Crippen LogP contribution in [0.15, 0.2) is 29.2 Å². The summed E-state index contributed by atoms with van der Waals surface area (Å²) < 4.78 is 27.1. The number of aromatic nitrogens is 1. The lowest BCUT2D eigenvalue weighted by Crippen LogP contribution is -2.50. The first-order chi connectivity index (χ1) is 13.7. The van der Waals surface area contributed by atoms with E-state index in [0.717, 1.165) is 11.1 Å². The van der Waals surface area contributed by atoms with Gasteiger partial charge in [0.25, 0.3) is 5.91 Å². The second-order valence-corrected chi connectivity index (χ2v) is 9.34. The molecule has 1 saturated heterocycles. The normalized spacial score (nSPS) is 15.5. The van der Waals surface area contributed by atoms with Gasteiger partial charge in [-0.3, -0.25) is 9.59 Å². The van der Waals surface area contributed by atoms with Crippen LogP contribution < -0.4 is 0 Å². The number of piperazine rings is 1. The SMILES string of the molecule is CCc1c(C(=O)N2CCN(S(=O)(=O)c3ccc(C)cc3)CC2)[nH]c(C)c1C(C)=O. The molecule has 0 bridgehead atoms. The molecule has 1 aromatic carbocycles. The molecular weight excluding hydrogens is 390 g/mol. The predicted molar refractivity (Wildman–Crippen MR) is 111 cm³/mol. The molecule has 1 aliphatic heterocycles. The number of H-pyrrole nitrogens is 1. The van der Waals surface area contributed by atoms with Crippen LogP contribution in [0, 0.1) is 13.8 Å². The molecule has 1 aromatic heterocycles. The zero-order chi connectivity index (χ0) is 21.3. The van der Waals surface area contributed by atoms with Crippen molar-refractivity contribution in [3.05, 3.63) is 52.3 Å². The van der Waals surface area contributed by atoms with Gasteiger partial charge in [-0.2, -0.15) is 4.31 Å². The van der Waals surface area contributed by atoms with E-state index in [-0.39, 0.29) is 29.7 Å². The second kappa shape index (κ2) is 8.12. The third-order valence-corrected chi connectivity index (χ3v) is 7.31. The lowest BCUT2D eigenvalue weighted by Gasteiger charge is -2.34. The third-order valence-electron chi connectivity index (χ3n) is 5.40. The fourth-order valence-electron chi connectivity index (χ4n) is 3.84.